The van der Waals surface area contributed by atoms with Crippen LogP contribution in [0.3, 0.4) is 0 Å². The van der Waals surface area contributed by atoms with E-state index in [1.54, 1.807) is 7.05 Å². The van der Waals surface area contributed by atoms with Gasteiger partial charge in [0.2, 0.25) is 0 Å². The number of hydrogen-bond donors (Lipinski definition) is 1. The van der Waals surface area contributed by atoms with Crippen molar-refractivity contribution in [3.63, 3.8) is 0 Å². The lowest BCUT2D eigenvalue weighted by Gasteiger charge is -2.15. The van der Waals surface area contributed by atoms with Gasteiger partial charge in [0.25, 0.3) is 0 Å². The molecule has 0 atom stereocenters. The molecule has 4 heteroatoms. The number of nitrogens with zero attached hydrogens (tertiary/aromatic N) is 1. The molecule has 0 saturated carbocycles. The fourth-order valence-electron chi connectivity index (χ4n) is 0.348. The largest absolute Gasteiger partial charge is 0.327 e. The van der Waals surface area contributed by atoms with Gasteiger partial charge < -0.3 is 4.90 Å². The number of carbonyl (C=O) groups is 1. The SMILES string of the molecule is [CH2]CN(C)C(=O)NSC(C)C. The topological polar surface area (TPSA) is 32.3 Å². The summed E-state index contributed by atoms with van der Waals surface area (Å²) in [5, 5.41) is 0.414. The van der Waals surface area contributed by atoms with Gasteiger partial charge in [-0.1, -0.05) is 13.8 Å². The molecule has 3 nitrogen and oxygen atoms in total. The van der Waals surface area contributed by atoms with E-state index in [1.165, 1.54) is 16.8 Å². The number of carbonyl (C=O) groups excluding carboxylic acids is 1. The van der Waals surface area contributed by atoms with Crippen LogP contribution in [-0.2, 0) is 0 Å². The number of nitrogens with one attached hydrogen (secondary N) is 1. The van der Waals surface area contributed by atoms with Gasteiger partial charge in [-0.25, -0.2) is 4.79 Å². The Morgan fingerprint density at radius 2 is 2.27 bits per heavy atom. The lowest BCUT2D eigenvalue weighted by molar-refractivity contribution is 0.219. The summed E-state index contributed by atoms with van der Waals surface area (Å²) in [6.07, 6.45) is 0. The van der Waals surface area contributed by atoms with Crippen LogP contribution in [-0.4, -0.2) is 29.8 Å². The van der Waals surface area contributed by atoms with Crippen molar-refractivity contribution in [3.8, 4) is 0 Å². The first-order chi connectivity index (χ1) is 5.07. The third kappa shape index (κ3) is 4.95. The predicted octanol–water partition coefficient (Wildman–Crippen LogP) is 1.52. The van der Waals surface area contributed by atoms with E-state index in [0.717, 1.165) is 0 Å². The highest BCUT2D eigenvalue weighted by molar-refractivity contribution is 7.98. The normalized spacial score (nSPS) is 9.91. The van der Waals surface area contributed by atoms with Gasteiger partial charge >= 0.3 is 6.03 Å². The number of amides is 2. The second kappa shape index (κ2) is 5.29. The van der Waals surface area contributed by atoms with Crippen LogP contribution in [0.25, 0.3) is 0 Å². The van der Waals surface area contributed by atoms with Crippen molar-refractivity contribution in [3.05, 3.63) is 6.92 Å². The first kappa shape index (κ1) is 10.6. The van der Waals surface area contributed by atoms with E-state index < -0.39 is 0 Å². The standard InChI is InChI=1S/C7H15N2OS/c1-5-9(4)7(10)8-11-6(2)3/h6H,1,5H2,2-4H3,(H,8,10). The van der Waals surface area contributed by atoms with E-state index in [2.05, 4.69) is 11.6 Å². The van der Waals surface area contributed by atoms with Gasteiger partial charge in [0.1, 0.15) is 0 Å². The number of hydrogen-bond acceptors (Lipinski definition) is 2. The van der Waals surface area contributed by atoms with Crippen molar-refractivity contribution in [2.24, 2.45) is 0 Å². The third-order valence-corrected chi connectivity index (χ3v) is 1.83. The van der Waals surface area contributed by atoms with E-state index >= 15 is 0 Å². The van der Waals surface area contributed by atoms with Gasteiger partial charge in [-0.15, -0.1) is 0 Å². The Bertz CT molecular complexity index is 128. The zero-order chi connectivity index (χ0) is 8.85. The van der Waals surface area contributed by atoms with Crippen molar-refractivity contribution in [2.75, 3.05) is 13.6 Å². The molecule has 0 saturated heterocycles. The van der Waals surface area contributed by atoms with Crippen LogP contribution in [0.4, 0.5) is 4.79 Å². The maximum atomic E-state index is 11.0. The minimum absolute atomic E-state index is 0.0845. The van der Waals surface area contributed by atoms with Gasteiger partial charge in [-0.05, 0) is 18.9 Å². The summed E-state index contributed by atoms with van der Waals surface area (Å²) in [5.41, 5.74) is 0. The first-order valence-electron chi connectivity index (χ1n) is 3.54. The molecule has 0 spiro atoms. The van der Waals surface area contributed by atoms with Gasteiger partial charge in [0, 0.05) is 18.8 Å². The highest BCUT2D eigenvalue weighted by Crippen LogP contribution is 2.03. The molecule has 0 fully saturated rings. The van der Waals surface area contributed by atoms with Crippen LogP contribution in [0.2, 0.25) is 0 Å². The predicted molar refractivity (Wildman–Crippen MR) is 49.2 cm³/mol. The third-order valence-electron chi connectivity index (χ3n) is 1.06. The van der Waals surface area contributed by atoms with Gasteiger partial charge in [-0.3, -0.25) is 4.72 Å². The van der Waals surface area contributed by atoms with E-state index in [1.807, 2.05) is 13.8 Å². The average Bonchev–Trinajstić information content (AvgIpc) is 1.98. The van der Waals surface area contributed by atoms with Gasteiger partial charge in [0.15, 0.2) is 0 Å². The Labute approximate surface area is 72.7 Å². The molecule has 0 heterocycles. The minimum Gasteiger partial charge on any atom is -0.327 e. The Balaban J connectivity index is 3.52. The molecule has 0 aromatic rings. The molecule has 0 aromatic carbocycles. The van der Waals surface area contributed by atoms with Gasteiger partial charge in [-0.2, -0.15) is 0 Å². The van der Waals surface area contributed by atoms with Crippen LogP contribution in [0, 0.1) is 6.92 Å². The molecule has 11 heavy (non-hydrogen) atoms. The lowest BCUT2D eigenvalue weighted by atomic mass is 10.6. The molecule has 65 valence electrons. The monoisotopic (exact) mass is 175 g/mol. The summed E-state index contributed by atoms with van der Waals surface area (Å²) in [6, 6.07) is -0.0845. The molecule has 1 radical (unpaired) electrons. The molecule has 1 N–H and O–H groups in total. The summed E-state index contributed by atoms with van der Waals surface area (Å²) >= 11 is 1.41. The second-order valence-corrected chi connectivity index (χ2v) is 3.88. The van der Waals surface area contributed by atoms with E-state index in [4.69, 9.17) is 0 Å². The summed E-state index contributed by atoms with van der Waals surface area (Å²) in [4.78, 5) is 12.6. The van der Waals surface area contributed by atoms with Crippen LogP contribution in [0.5, 0.6) is 0 Å². The Morgan fingerprint density at radius 3 is 2.64 bits per heavy atom. The quantitative estimate of drug-likeness (QED) is 0.660. The summed E-state index contributed by atoms with van der Waals surface area (Å²) in [7, 11) is 1.71. The lowest BCUT2D eigenvalue weighted by Crippen LogP contribution is -2.34. The van der Waals surface area contributed by atoms with Crippen molar-refractivity contribution < 1.29 is 4.79 Å². The highest BCUT2D eigenvalue weighted by Gasteiger charge is 2.05. The molecule has 0 rings (SSSR count). The number of urea groups is 1. The molecule has 2 amide bonds. The Hall–Kier alpha value is -0.380. The van der Waals surface area contributed by atoms with Crippen LogP contribution >= 0.6 is 11.9 Å². The highest BCUT2D eigenvalue weighted by atomic mass is 32.2. The van der Waals surface area contributed by atoms with Crippen molar-refractivity contribution >= 4 is 18.0 Å². The second-order valence-electron chi connectivity index (χ2n) is 2.50. The van der Waals surface area contributed by atoms with E-state index in [0.29, 0.717) is 11.8 Å². The molecule has 0 aromatic heterocycles. The Morgan fingerprint density at radius 1 is 1.73 bits per heavy atom. The summed E-state index contributed by atoms with van der Waals surface area (Å²) in [6.45, 7) is 8.13. The fourth-order valence-corrected chi connectivity index (χ4v) is 0.840. The van der Waals surface area contributed by atoms with Crippen LogP contribution in [0.15, 0.2) is 0 Å². The van der Waals surface area contributed by atoms with Crippen molar-refractivity contribution in [1.29, 1.82) is 0 Å². The fraction of sp³-hybridized carbons (Fsp3) is 0.714. The van der Waals surface area contributed by atoms with Crippen LogP contribution < -0.4 is 4.72 Å². The maximum absolute atomic E-state index is 11.0. The first-order valence-corrected chi connectivity index (χ1v) is 4.42. The van der Waals surface area contributed by atoms with E-state index in [-0.39, 0.29) is 6.03 Å². The molecule has 0 aliphatic rings. The molecule has 0 bridgehead atoms. The number of rotatable bonds is 3. The zero-order valence-corrected chi connectivity index (χ0v) is 8.07. The maximum Gasteiger partial charge on any atom is 0.327 e. The molecule has 0 unspecified atom stereocenters. The van der Waals surface area contributed by atoms with Crippen LogP contribution in [0.1, 0.15) is 13.8 Å². The smallest absolute Gasteiger partial charge is 0.327 e. The minimum atomic E-state index is -0.0845. The van der Waals surface area contributed by atoms with Crippen molar-refractivity contribution in [2.45, 2.75) is 19.1 Å². The Kier molecular flexibility index (Phi) is 5.11. The molecular formula is C7H15N2OS. The summed E-state index contributed by atoms with van der Waals surface area (Å²) < 4.78 is 2.70. The van der Waals surface area contributed by atoms with Crippen molar-refractivity contribution in [1.82, 2.24) is 9.62 Å². The molecule has 0 aliphatic carbocycles. The zero-order valence-electron chi connectivity index (χ0n) is 7.26. The van der Waals surface area contributed by atoms with Gasteiger partial charge in [0.05, 0.1) is 0 Å². The molecular weight excluding hydrogens is 160 g/mol. The average molecular weight is 175 g/mol. The van der Waals surface area contributed by atoms with E-state index in [9.17, 15) is 4.79 Å². The summed E-state index contributed by atoms with van der Waals surface area (Å²) in [5.74, 6) is 0. The molecule has 0 aliphatic heterocycles.